The van der Waals surface area contributed by atoms with Crippen molar-refractivity contribution >= 4 is 17.9 Å². The highest BCUT2D eigenvalue weighted by Crippen LogP contribution is 2.37. The molecule has 3 rings (SSSR count). The summed E-state index contributed by atoms with van der Waals surface area (Å²) < 4.78 is 10.7. The van der Waals surface area contributed by atoms with E-state index < -0.39 is 6.04 Å². The summed E-state index contributed by atoms with van der Waals surface area (Å²) in [6.07, 6.45) is 4.97. The van der Waals surface area contributed by atoms with Gasteiger partial charge >= 0.3 is 0 Å². The number of carbonyl (C=O) groups is 2. The summed E-state index contributed by atoms with van der Waals surface area (Å²) in [6.45, 7) is 2.39. The Morgan fingerprint density at radius 1 is 1.10 bits per heavy atom. The smallest absolute Gasteiger partial charge is 0.245 e. The maximum absolute atomic E-state index is 13.0. The number of hydrogen-bond donors (Lipinski definition) is 1. The van der Waals surface area contributed by atoms with Crippen molar-refractivity contribution in [2.75, 3.05) is 20.8 Å². The van der Waals surface area contributed by atoms with Crippen LogP contribution in [0.5, 0.6) is 11.5 Å². The SMILES string of the molecule is COc1ccc(C2CCCN2C(=O)C(C)NC(=O)/C=C/c2ccccc2)cc1OC. The number of carbonyl (C=O) groups excluding carboxylic acids is 2. The summed E-state index contributed by atoms with van der Waals surface area (Å²) in [4.78, 5) is 27.1. The van der Waals surface area contributed by atoms with Crippen molar-refractivity contribution in [1.82, 2.24) is 10.2 Å². The Labute approximate surface area is 177 Å². The third kappa shape index (κ3) is 5.00. The third-order valence-electron chi connectivity index (χ3n) is 5.28. The molecule has 1 aliphatic heterocycles. The van der Waals surface area contributed by atoms with Gasteiger partial charge in [0.2, 0.25) is 11.8 Å². The number of benzene rings is 2. The maximum Gasteiger partial charge on any atom is 0.245 e. The Kier molecular flexibility index (Phi) is 7.12. The molecular weight excluding hydrogens is 380 g/mol. The maximum atomic E-state index is 13.0. The molecule has 0 saturated carbocycles. The zero-order valence-electron chi connectivity index (χ0n) is 17.6. The van der Waals surface area contributed by atoms with Gasteiger partial charge in [-0.1, -0.05) is 36.4 Å². The molecule has 6 nitrogen and oxygen atoms in total. The van der Waals surface area contributed by atoms with E-state index in [1.807, 2.05) is 53.4 Å². The van der Waals surface area contributed by atoms with Crippen LogP contribution in [0.25, 0.3) is 6.08 Å². The number of likely N-dealkylation sites (tertiary alicyclic amines) is 1. The fourth-order valence-corrected chi connectivity index (χ4v) is 3.75. The highest BCUT2D eigenvalue weighted by Gasteiger charge is 2.33. The van der Waals surface area contributed by atoms with E-state index in [-0.39, 0.29) is 17.9 Å². The first-order chi connectivity index (χ1) is 14.5. The number of ether oxygens (including phenoxy) is 2. The highest BCUT2D eigenvalue weighted by molar-refractivity contribution is 5.95. The van der Waals surface area contributed by atoms with Crippen LogP contribution in [0.1, 0.15) is 36.9 Å². The van der Waals surface area contributed by atoms with Crippen LogP contribution in [0, 0.1) is 0 Å². The van der Waals surface area contributed by atoms with E-state index in [2.05, 4.69) is 5.32 Å². The minimum Gasteiger partial charge on any atom is -0.493 e. The van der Waals surface area contributed by atoms with Gasteiger partial charge in [0.25, 0.3) is 0 Å². The molecular formula is C24H28N2O4. The van der Waals surface area contributed by atoms with Gasteiger partial charge in [-0.15, -0.1) is 0 Å². The number of hydrogen-bond acceptors (Lipinski definition) is 4. The molecule has 1 aliphatic rings. The fraction of sp³-hybridized carbons (Fsp3) is 0.333. The molecule has 1 heterocycles. The second kappa shape index (κ2) is 9.96. The van der Waals surface area contributed by atoms with E-state index in [4.69, 9.17) is 9.47 Å². The first-order valence-electron chi connectivity index (χ1n) is 10.1. The second-order valence-corrected chi connectivity index (χ2v) is 7.28. The average molecular weight is 408 g/mol. The van der Waals surface area contributed by atoms with Crippen LogP contribution >= 0.6 is 0 Å². The molecule has 0 aromatic heterocycles. The lowest BCUT2D eigenvalue weighted by atomic mass is 10.0. The molecule has 2 unspecified atom stereocenters. The lowest BCUT2D eigenvalue weighted by molar-refractivity contribution is -0.136. The summed E-state index contributed by atoms with van der Waals surface area (Å²) in [6, 6.07) is 14.6. The van der Waals surface area contributed by atoms with Gasteiger partial charge in [-0.25, -0.2) is 0 Å². The molecule has 30 heavy (non-hydrogen) atoms. The standard InChI is InChI=1S/C24H28N2O4/c1-17(25-23(27)14-11-18-8-5-4-6-9-18)24(28)26-15-7-10-20(26)19-12-13-21(29-2)22(16-19)30-3/h4-6,8-9,11-14,16-17,20H,7,10,15H2,1-3H3,(H,25,27)/b14-11+. The van der Waals surface area contributed by atoms with Gasteiger partial charge < -0.3 is 19.7 Å². The number of rotatable bonds is 7. The Hall–Kier alpha value is -3.28. The van der Waals surface area contributed by atoms with Crippen molar-refractivity contribution in [3.8, 4) is 11.5 Å². The fourth-order valence-electron chi connectivity index (χ4n) is 3.75. The summed E-state index contributed by atoms with van der Waals surface area (Å²) in [5, 5.41) is 2.78. The molecule has 1 N–H and O–H groups in total. The Balaban J connectivity index is 1.66. The minimum absolute atomic E-state index is 0.0449. The summed E-state index contributed by atoms with van der Waals surface area (Å²) in [5.74, 6) is 0.917. The molecule has 2 atom stereocenters. The van der Waals surface area contributed by atoms with Gasteiger partial charge in [-0.3, -0.25) is 9.59 Å². The summed E-state index contributed by atoms with van der Waals surface area (Å²) >= 11 is 0. The first-order valence-corrected chi connectivity index (χ1v) is 10.1. The number of nitrogens with zero attached hydrogens (tertiary/aromatic N) is 1. The van der Waals surface area contributed by atoms with Crippen molar-refractivity contribution in [1.29, 1.82) is 0 Å². The second-order valence-electron chi connectivity index (χ2n) is 7.28. The van der Waals surface area contributed by atoms with Crippen LogP contribution in [-0.2, 0) is 9.59 Å². The molecule has 6 heteroatoms. The van der Waals surface area contributed by atoms with Gasteiger partial charge in [-0.2, -0.15) is 0 Å². The Morgan fingerprint density at radius 2 is 1.83 bits per heavy atom. The normalized spacial score (nSPS) is 17.0. The highest BCUT2D eigenvalue weighted by atomic mass is 16.5. The van der Waals surface area contributed by atoms with Crippen LogP contribution < -0.4 is 14.8 Å². The van der Waals surface area contributed by atoms with Crippen molar-refractivity contribution < 1.29 is 19.1 Å². The van der Waals surface area contributed by atoms with Crippen LogP contribution in [0.15, 0.2) is 54.6 Å². The molecule has 2 amide bonds. The van der Waals surface area contributed by atoms with Crippen molar-refractivity contribution in [2.45, 2.75) is 31.8 Å². The molecule has 0 radical (unpaired) electrons. The molecule has 0 spiro atoms. The lowest BCUT2D eigenvalue weighted by Crippen LogP contribution is -2.46. The molecule has 0 bridgehead atoms. The first kappa shape index (κ1) is 21.4. The van der Waals surface area contributed by atoms with Crippen LogP contribution in [-0.4, -0.2) is 43.5 Å². The van der Waals surface area contributed by atoms with Gasteiger partial charge in [0, 0.05) is 12.6 Å². The summed E-state index contributed by atoms with van der Waals surface area (Å²) in [7, 11) is 3.19. The van der Waals surface area contributed by atoms with E-state index in [9.17, 15) is 9.59 Å². The largest absolute Gasteiger partial charge is 0.493 e. The Morgan fingerprint density at radius 3 is 2.53 bits per heavy atom. The molecule has 2 aromatic carbocycles. The van der Waals surface area contributed by atoms with E-state index >= 15 is 0 Å². The topological polar surface area (TPSA) is 67.9 Å². The van der Waals surface area contributed by atoms with Crippen molar-refractivity contribution in [3.63, 3.8) is 0 Å². The molecule has 2 aromatic rings. The van der Waals surface area contributed by atoms with E-state index in [0.29, 0.717) is 18.0 Å². The predicted molar refractivity (Wildman–Crippen MR) is 116 cm³/mol. The van der Waals surface area contributed by atoms with Gasteiger partial charge in [-0.05, 0) is 49.1 Å². The Bertz CT molecular complexity index is 911. The quantitative estimate of drug-likeness (QED) is 0.711. The zero-order valence-corrected chi connectivity index (χ0v) is 17.6. The predicted octanol–water partition coefficient (Wildman–Crippen LogP) is 3.59. The van der Waals surface area contributed by atoms with E-state index in [1.54, 1.807) is 27.2 Å². The minimum atomic E-state index is -0.612. The van der Waals surface area contributed by atoms with Gasteiger partial charge in [0.05, 0.1) is 20.3 Å². The zero-order chi connectivity index (χ0) is 21.5. The molecule has 1 saturated heterocycles. The lowest BCUT2D eigenvalue weighted by Gasteiger charge is -2.28. The monoisotopic (exact) mass is 408 g/mol. The number of methoxy groups -OCH3 is 2. The number of nitrogens with one attached hydrogen (secondary N) is 1. The van der Waals surface area contributed by atoms with Crippen molar-refractivity contribution in [3.05, 3.63) is 65.7 Å². The van der Waals surface area contributed by atoms with Crippen LogP contribution in [0.4, 0.5) is 0 Å². The molecule has 0 aliphatic carbocycles. The van der Waals surface area contributed by atoms with Crippen LogP contribution in [0.3, 0.4) is 0 Å². The van der Waals surface area contributed by atoms with Gasteiger partial charge in [0.1, 0.15) is 6.04 Å². The third-order valence-corrected chi connectivity index (χ3v) is 5.28. The van der Waals surface area contributed by atoms with Gasteiger partial charge in [0.15, 0.2) is 11.5 Å². The number of amides is 2. The van der Waals surface area contributed by atoms with E-state index in [0.717, 1.165) is 24.0 Å². The van der Waals surface area contributed by atoms with Crippen LogP contribution in [0.2, 0.25) is 0 Å². The average Bonchev–Trinajstić information content (AvgIpc) is 3.27. The molecule has 158 valence electrons. The van der Waals surface area contributed by atoms with E-state index in [1.165, 1.54) is 6.08 Å². The molecule has 1 fully saturated rings. The van der Waals surface area contributed by atoms with Crippen molar-refractivity contribution in [2.24, 2.45) is 0 Å². The summed E-state index contributed by atoms with van der Waals surface area (Å²) in [5.41, 5.74) is 1.93.